The van der Waals surface area contributed by atoms with Crippen LogP contribution in [0.5, 0.6) is 0 Å². The maximum Gasteiger partial charge on any atom is 0.407 e. The topological polar surface area (TPSA) is 619 Å². The van der Waals surface area contributed by atoms with Gasteiger partial charge in [0.2, 0.25) is 29.5 Å². The molecule has 0 radical (unpaired) electrons. The second kappa shape index (κ2) is 68.2. The monoisotopic (exact) mass is 1870 g/mol. The first-order valence-corrected chi connectivity index (χ1v) is 45.1. The van der Waals surface area contributed by atoms with Gasteiger partial charge in [-0.05, 0) is 31.2 Å². The third-order valence-electron chi connectivity index (χ3n) is 20.8. The van der Waals surface area contributed by atoms with Crippen molar-refractivity contribution in [2.24, 2.45) is 17.2 Å². The van der Waals surface area contributed by atoms with E-state index < -0.39 is 127 Å². The summed E-state index contributed by atoms with van der Waals surface area (Å²) in [4.78, 5) is 112. The summed E-state index contributed by atoms with van der Waals surface area (Å²) in [6.07, 6.45) is -4.43. The van der Waals surface area contributed by atoms with Gasteiger partial charge in [-0.1, -0.05) is 75.3 Å². The van der Waals surface area contributed by atoms with Crippen molar-refractivity contribution >= 4 is 53.5 Å². The minimum Gasteiger partial charge on any atom is -0.463 e. The Kier molecular flexibility index (Phi) is 59.7. The Hall–Kier alpha value is -6.79. The Morgan fingerprint density at radius 3 is 1.04 bits per heavy atom. The first-order valence-electron chi connectivity index (χ1n) is 45.1. The average molecular weight is 1870 g/mol. The number of nitrogens with one attached hydrogen (secondary N) is 6. The van der Waals surface area contributed by atoms with E-state index in [4.69, 9.17) is 117 Å². The van der Waals surface area contributed by atoms with E-state index in [1.807, 2.05) is 30.3 Å². The molecule has 1 aliphatic carbocycles. The number of carbonyl (C=O) groups excluding carboxylic acids is 9. The van der Waals surface area contributed by atoms with E-state index >= 15 is 0 Å². The lowest BCUT2D eigenvalue weighted by molar-refractivity contribution is -0.268. The summed E-state index contributed by atoms with van der Waals surface area (Å²) in [6.45, 7) is 4.90. The molecule has 15 atom stereocenters. The van der Waals surface area contributed by atoms with Crippen LogP contribution in [0.1, 0.15) is 142 Å². The van der Waals surface area contributed by atoms with Crippen molar-refractivity contribution in [3.63, 3.8) is 0 Å². The number of hydrogen-bond acceptors (Lipinski definition) is 39. The fourth-order valence-corrected chi connectivity index (χ4v) is 13.6. The molecule has 0 aromatic heterocycles. The fourth-order valence-electron chi connectivity index (χ4n) is 13.6. The highest BCUT2D eigenvalue weighted by Crippen LogP contribution is 2.33. The zero-order valence-corrected chi connectivity index (χ0v) is 75.6. The van der Waals surface area contributed by atoms with Crippen molar-refractivity contribution < 1.29 is 173 Å². The summed E-state index contributed by atoms with van der Waals surface area (Å²) >= 11 is 0. The van der Waals surface area contributed by atoms with Gasteiger partial charge in [0.1, 0.15) is 86.9 Å². The number of unbranched alkanes of at least 4 members (excludes halogenated alkanes) is 7. The van der Waals surface area contributed by atoms with E-state index in [0.717, 1.165) is 69.8 Å². The predicted octanol–water partition coefficient (Wildman–Crippen LogP) is -2.79. The highest BCUT2D eigenvalue weighted by Gasteiger charge is 2.47. The van der Waals surface area contributed by atoms with Crippen LogP contribution in [0.25, 0.3) is 0 Å². The molecule has 4 fully saturated rings. The molecule has 45 heteroatoms. The maximum absolute atomic E-state index is 14.1. The van der Waals surface area contributed by atoms with Gasteiger partial charge in [0.25, 0.3) is 0 Å². The first kappa shape index (κ1) is 114. The average Bonchev–Trinajstić information content (AvgIpc) is 0.823. The van der Waals surface area contributed by atoms with Gasteiger partial charge >= 0.3 is 24.0 Å². The van der Waals surface area contributed by atoms with E-state index in [2.05, 4.69) is 31.9 Å². The number of esters is 3. The molecule has 15 unspecified atom stereocenters. The second-order valence-electron chi connectivity index (χ2n) is 31.6. The maximum atomic E-state index is 14.1. The van der Waals surface area contributed by atoms with Gasteiger partial charge in [0.15, 0.2) is 24.7 Å². The summed E-state index contributed by atoms with van der Waals surface area (Å²) < 4.78 is 118. The number of aliphatic hydroxyl groups is 6. The molecule has 1 aromatic carbocycles. The highest BCUT2D eigenvalue weighted by atomic mass is 16.7. The molecule has 3 saturated heterocycles. The summed E-state index contributed by atoms with van der Waals surface area (Å²) in [6, 6.07) is 6.14. The molecule has 5 rings (SSSR count). The standard InChI is InChI=1S/C85H147N9O36/c1-59(95)122-53-63-74(103)77(106)71(86)80(128-63)119-49-46-113-43-40-110-35-27-89-67(99)22-32-116-56-84(57-117-33-23-68(100)90-28-36-111-41-44-114-47-50-120-81-72(87)78(107)75(104)64(129-81)54-123-60(2)96,58-118-34-24-69(101)91-29-37-112-42-45-115-48-51-121-82-73(88)79(108)76(105)65(130-82)55-124-61(3)97)94-70(102)21-15-9-7-5-4-6-8-14-20-66(98)92-30-38-126-85(25-16-11-17-26-85)127-39-31-93-83(109)125-52-62-18-12-10-13-19-62/h10,12-13,18-19,63-65,71-82,103-108H,4-9,11,14-17,20-58,86-88H2,1-3H3,(H,89,99)(H,90,100)(H,91,101)(H,92,98)(H,93,109)(H,94,102). The molecule has 1 aromatic rings. The molecule has 18 N–H and O–H groups in total. The van der Waals surface area contributed by atoms with Gasteiger partial charge in [0.05, 0.1) is 170 Å². The van der Waals surface area contributed by atoms with Crippen LogP contribution in [0.2, 0.25) is 0 Å². The quantitative estimate of drug-likeness (QED) is 0.0136. The van der Waals surface area contributed by atoms with Crippen LogP contribution in [-0.2, 0) is 144 Å². The van der Waals surface area contributed by atoms with Crippen LogP contribution in [0.3, 0.4) is 0 Å². The van der Waals surface area contributed by atoms with E-state index in [0.29, 0.717) is 32.2 Å². The van der Waals surface area contributed by atoms with Crippen molar-refractivity contribution in [1.29, 1.82) is 0 Å². The van der Waals surface area contributed by atoms with Gasteiger partial charge in [-0.15, -0.1) is 0 Å². The number of benzene rings is 1. The minimum absolute atomic E-state index is 0.00413. The zero-order valence-electron chi connectivity index (χ0n) is 75.6. The molecule has 4 aliphatic rings. The number of rotatable bonds is 73. The molecule has 3 aliphatic heterocycles. The molecular weight excluding hydrogens is 1720 g/mol. The van der Waals surface area contributed by atoms with E-state index in [1.165, 1.54) is 20.8 Å². The van der Waals surface area contributed by atoms with Gasteiger partial charge in [0, 0.05) is 98.4 Å². The fraction of sp³-hybridized carbons (Fsp3) is 0.824. The third-order valence-corrected chi connectivity index (χ3v) is 20.8. The van der Waals surface area contributed by atoms with Crippen LogP contribution in [0.4, 0.5) is 4.79 Å². The lowest BCUT2D eigenvalue weighted by atomic mass is 9.94. The SMILES string of the molecule is CC(=O)OCC1OC(OCCOCCOCCNC(=O)CCOCC(COCCC(=O)NCCOCCOCCOC2OC(COC(C)=O)C(O)C(O)C2N)(COCCC(=O)NCCOCCOCCOC2OC(COC(C)=O)C(O)C(O)C2N)NC(=O)CCCCCCCCCCC(=O)NCCOC2(OCCNC(=O)OCc3ccccc3)CCCCC2)C(N)C(O)C1O. The van der Waals surface area contributed by atoms with Crippen LogP contribution >= 0.6 is 0 Å². The Morgan fingerprint density at radius 2 is 0.677 bits per heavy atom. The van der Waals surface area contributed by atoms with Gasteiger partial charge in [-0.25, -0.2) is 4.79 Å². The molecule has 0 bridgehead atoms. The number of ether oxygens (including phenoxy) is 21. The van der Waals surface area contributed by atoms with Crippen LogP contribution in [0.15, 0.2) is 30.3 Å². The summed E-state index contributed by atoms with van der Waals surface area (Å²) in [5.41, 5.74) is 17.5. The van der Waals surface area contributed by atoms with Crippen molar-refractivity contribution in [3.05, 3.63) is 35.9 Å². The lowest BCUT2D eigenvalue weighted by Crippen LogP contribution is -2.62. The number of nitrogens with two attached hydrogens (primary N) is 3. The van der Waals surface area contributed by atoms with E-state index in [-0.39, 0.29) is 260 Å². The van der Waals surface area contributed by atoms with Crippen LogP contribution < -0.4 is 49.1 Å². The first-order chi connectivity index (χ1) is 62.7. The molecule has 1 saturated carbocycles. The molecule has 748 valence electrons. The smallest absolute Gasteiger partial charge is 0.407 e. The van der Waals surface area contributed by atoms with Crippen LogP contribution in [-0.4, -0.2) is 392 Å². The zero-order chi connectivity index (χ0) is 94.4. The van der Waals surface area contributed by atoms with Crippen molar-refractivity contribution in [3.8, 4) is 0 Å². The number of aliphatic hydroxyl groups excluding tert-OH is 6. The van der Waals surface area contributed by atoms with Crippen molar-refractivity contribution in [2.75, 3.05) is 205 Å². The van der Waals surface area contributed by atoms with Gasteiger partial charge in [-0.2, -0.15) is 0 Å². The van der Waals surface area contributed by atoms with Crippen molar-refractivity contribution in [1.82, 2.24) is 31.9 Å². The second-order valence-corrected chi connectivity index (χ2v) is 31.6. The summed E-state index contributed by atoms with van der Waals surface area (Å²) in [5, 5.41) is 79.1. The number of alkyl carbamates (subject to hydrolysis) is 1. The number of carbonyl (C=O) groups is 9. The normalized spacial score (nSPS) is 23.6. The van der Waals surface area contributed by atoms with E-state index in [9.17, 15) is 73.8 Å². The minimum atomic E-state index is -1.42. The molecule has 45 nitrogen and oxygen atoms in total. The van der Waals surface area contributed by atoms with Crippen LogP contribution in [0, 0.1) is 0 Å². The largest absolute Gasteiger partial charge is 0.463 e. The Balaban J connectivity index is 1.07. The molecule has 130 heavy (non-hydrogen) atoms. The third kappa shape index (κ3) is 49.4. The molecule has 0 spiro atoms. The highest BCUT2D eigenvalue weighted by molar-refractivity contribution is 5.78. The number of hydrogen-bond donors (Lipinski definition) is 15. The summed E-state index contributed by atoms with van der Waals surface area (Å²) in [5.74, 6) is -4.11. The molecular formula is C85H147N9O36. The van der Waals surface area contributed by atoms with E-state index in [1.54, 1.807) is 0 Å². The predicted molar refractivity (Wildman–Crippen MR) is 456 cm³/mol. The lowest BCUT2D eigenvalue weighted by Gasteiger charge is -2.40. The molecule has 3 heterocycles. The number of amides is 6. The molecule has 6 amide bonds. The van der Waals surface area contributed by atoms with Gasteiger partial charge in [-0.3, -0.25) is 38.4 Å². The Labute approximate surface area is 759 Å². The van der Waals surface area contributed by atoms with Gasteiger partial charge < -0.3 is 179 Å². The summed E-state index contributed by atoms with van der Waals surface area (Å²) in [7, 11) is 0. The Morgan fingerprint density at radius 1 is 0.362 bits per heavy atom. The van der Waals surface area contributed by atoms with Crippen molar-refractivity contribution in [2.45, 2.75) is 246 Å². The Bertz CT molecular complexity index is 3040.